The van der Waals surface area contributed by atoms with E-state index in [9.17, 15) is 5.26 Å². The molecular formula is C22H18N6. The minimum Gasteiger partial charge on any atom is -0.321 e. The first-order chi connectivity index (χ1) is 13.7. The second-order valence-electron chi connectivity index (χ2n) is 7.21. The molecule has 6 nitrogen and oxygen atoms in total. The highest BCUT2D eigenvalue weighted by Gasteiger charge is 2.34. The van der Waals surface area contributed by atoms with E-state index in [1.54, 1.807) is 10.8 Å². The van der Waals surface area contributed by atoms with Crippen LogP contribution in [0.1, 0.15) is 30.7 Å². The van der Waals surface area contributed by atoms with Gasteiger partial charge in [-0.25, -0.2) is 15.0 Å². The van der Waals surface area contributed by atoms with E-state index in [0.717, 1.165) is 29.7 Å². The van der Waals surface area contributed by atoms with Crippen molar-refractivity contribution in [1.29, 1.82) is 5.26 Å². The molecular weight excluding hydrogens is 348 g/mol. The summed E-state index contributed by atoms with van der Waals surface area (Å²) in [7, 11) is 0. The molecule has 0 bridgehead atoms. The van der Waals surface area contributed by atoms with Gasteiger partial charge in [0, 0.05) is 16.8 Å². The molecule has 1 fully saturated rings. The zero-order chi connectivity index (χ0) is 19.1. The number of hydrogen-bond acceptors (Lipinski definition) is 5. The van der Waals surface area contributed by atoms with Crippen LogP contribution >= 0.6 is 0 Å². The molecule has 5 rings (SSSR count). The fraction of sp³-hybridized carbons (Fsp3) is 0.182. The second kappa shape index (κ2) is 6.25. The maximum Gasteiger partial charge on any atom is 0.219 e. The van der Waals surface area contributed by atoms with E-state index in [1.807, 2.05) is 54.6 Å². The van der Waals surface area contributed by atoms with Crippen LogP contribution in [0.3, 0.4) is 0 Å². The molecule has 0 saturated heterocycles. The van der Waals surface area contributed by atoms with Crippen LogP contribution in [0.15, 0.2) is 60.8 Å². The van der Waals surface area contributed by atoms with Gasteiger partial charge >= 0.3 is 0 Å². The molecule has 2 aromatic heterocycles. The van der Waals surface area contributed by atoms with Gasteiger partial charge in [-0.05, 0) is 37.0 Å². The van der Waals surface area contributed by atoms with Gasteiger partial charge in [0.2, 0.25) is 5.82 Å². The monoisotopic (exact) mass is 366 g/mol. The minimum atomic E-state index is -0.212. The number of benzene rings is 2. The quantitative estimate of drug-likeness (QED) is 0.597. The molecule has 1 aliphatic carbocycles. The fourth-order valence-corrected chi connectivity index (χ4v) is 3.71. The van der Waals surface area contributed by atoms with Crippen molar-refractivity contribution in [3.05, 3.63) is 72.2 Å². The topological polar surface area (TPSA) is 93.4 Å². The molecule has 0 amide bonds. The smallest absolute Gasteiger partial charge is 0.219 e. The predicted octanol–water partition coefficient (Wildman–Crippen LogP) is 3.69. The van der Waals surface area contributed by atoms with Crippen LogP contribution in [-0.4, -0.2) is 19.5 Å². The van der Waals surface area contributed by atoms with E-state index in [1.165, 1.54) is 6.42 Å². The van der Waals surface area contributed by atoms with E-state index in [4.69, 9.17) is 10.7 Å². The maximum atomic E-state index is 9.60. The summed E-state index contributed by atoms with van der Waals surface area (Å²) in [6.45, 7) is 0. The van der Waals surface area contributed by atoms with Crippen LogP contribution in [0.2, 0.25) is 0 Å². The van der Waals surface area contributed by atoms with Gasteiger partial charge in [0.25, 0.3) is 0 Å². The lowest BCUT2D eigenvalue weighted by Crippen LogP contribution is -2.43. The third-order valence-electron chi connectivity index (χ3n) is 5.48. The van der Waals surface area contributed by atoms with Crippen molar-refractivity contribution in [2.75, 3.05) is 0 Å². The van der Waals surface area contributed by atoms with Crippen molar-refractivity contribution < 1.29 is 0 Å². The molecule has 2 aromatic carbocycles. The number of rotatable bonds is 3. The predicted molar refractivity (Wildman–Crippen MR) is 107 cm³/mol. The Morgan fingerprint density at radius 2 is 1.75 bits per heavy atom. The summed E-state index contributed by atoms with van der Waals surface area (Å²) in [6.07, 6.45) is 4.86. The van der Waals surface area contributed by atoms with Crippen molar-refractivity contribution >= 4 is 11.2 Å². The van der Waals surface area contributed by atoms with Crippen LogP contribution in [0.5, 0.6) is 0 Å². The van der Waals surface area contributed by atoms with Crippen molar-refractivity contribution in [3.63, 3.8) is 0 Å². The van der Waals surface area contributed by atoms with Gasteiger partial charge < -0.3 is 5.73 Å². The molecule has 136 valence electrons. The number of hydrogen-bond donors (Lipinski definition) is 1. The summed E-state index contributed by atoms with van der Waals surface area (Å²) in [6, 6.07) is 20.0. The summed E-state index contributed by atoms with van der Waals surface area (Å²) in [5.74, 6) is 0.888. The van der Waals surface area contributed by atoms with Crippen LogP contribution in [0, 0.1) is 11.3 Å². The Bertz CT molecular complexity index is 1200. The molecule has 6 heteroatoms. The first kappa shape index (κ1) is 16.6. The molecule has 4 aromatic rings. The average Bonchev–Trinajstić information content (AvgIpc) is 3.10. The summed E-state index contributed by atoms with van der Waals surface area (Å²) in [4.78, 5) is 13.5. The van der Waals surface area contributed by atoms with Gasteiger partial charge in [-0.3, -0.25) is 4.57 Å². The summed E-state index contributed by atoms with van der Waals surface area (Å²) >= 11 is 0. The summed E-state index contributed by atoms with van der Waals surface area (Å²) in [5, 5.41) is 9.60. The third-order valence-corrected chi connectivity index (χ3v) is 5.48. The first-order valence-electron chi connectivity index (χ1n) is 9.29. The summed E-state index contributed by atoms with van der Waals surface area (Å²) in [5.41, 5.74) is 10.3. The Balaban J connectivity index is 1.64. The molecule has 0 unspecified atom stereocenters. The average molecular weight is 366 g/mol. The maximum absolute atomic E-state index is 9.60. The van der Waals surface area contributed by atoms with Crippen LogP contribution in [-0.2, 0) is 5.54 Å². The van der Waals surface area contributed by atoms with Gasteiger partial charge in [-0.2, -0.15) is 5.26 Å². The molecule has 1 aliphatic rings. The van der Waals surface area contributed by atoms with Gasteiger partial charge in [0.15, 0.2) is 11.5 Å². The van der Waals surface area contributed by atoms with Gasteiger partial charge in [-0.1, -0.05) is 42.5 Å². The third kappa shape index (κ3) is 2.56. The van der Waals surface area contributed by atoms with Gasteiger partial charge in [-0.15, -0.1) is 0 Å². The lowest BCUT2D eigenvalue weighted by Gasteiger charge is -2.38. The van der Waals surface area contributed by atoms with Gasteiger partial charge in [0.1, 0.15) is 11.6 Å². The van der Waals surface area contributed by atoms with Crippen molar-refractivity contribution in [2.24, 2.45) is 5.73 Å². The van der Waals surface area contributed by atoms with Gasteiger partial charge in [0.05, 0.1) is 6.20 Å². The SMILES string of the molecule is N#Cc1nc2cnc(-c3ccccc3)nc2n1-c1ccc(C2(N)CCC2)cc1. The zero-order valence-electron chi connectivity index (χ0n) is 15.2. The van der Waals surface area contributed by atoms with E-state index < -0.39 is 0 Å². The Kier molecular flexibility index (Phi) is 3.71. The molecule has 0 atom stereocenters. The van der Waals surface area contributed by atoms with Crippen molar-refractivity contribution in [2.45, 2.75) is 24.8 Å². The standard InChI is InChI=1S/C22H18N6/c23-13-19-26-18-14-25-20(15-5-2-1-3-6-15)27-21(18)28(19)17-9-7-16(8-10-17)22(24)11-4-12-22/h1-3,5-10,14H,4,11-12,24H2. The first-order valence-corrected chi connectivity index (χ1v) is 9.29. The number of imidazole rings is 1. The minimum absolute atomic E-state index is 0.212. The number of nitrogens with zero attached hydrogens (tertiary/aromatic N) is 5. The van der Waals surface area contributed by atoms with Crippen LogP contribution in [0.4, 0.5) is 0 Å². The largest absolute Gasteiger partial charge is 0.321 e. The van der Waals surface area contributed by atoms with E-state index in [2.05, 4.69) is 16.0 Å². The molecule has 28 heavy (non-hydrogen) atoms. The van der Waals surface area contributed by atoms with E-state index in [0.29, 0.717) is 17.0 Å². The molecule has 1 saturated carbocycles. The molecule has 2 N–H and O–H groups in total. The highest BCUT2D eigenvalue weighted by atomic mass is 15.1. The Morgan fingerprint density at radius 1 is 1.00 bits per heavy atom. The Hall–Kier alpha value is -3.56. The molecule has 0 spiro atoms. The molecule has 2 heterocycles. The second-order valence-corrected chi connectivity index (χ2v) is 7.21. The van der Waals surface area contributed by atoms with Crippen molar-refractivity contribution in [3.8, 4) is 23.1 Å². The molecule has 0 aliphatic heterocycles. The fourth-order valence-electron chi connectivity index (χ4n) is 3.71. The number of aromatic nitrogens is 4. The number of fused-ring (bicyclic) bond motifs is 1. The van der Waals surface area contributed by atoms with Crippen LogP contribution < -0.4 is 5.73 Å². The normalized spacial score (nSPS) is 15.1. The zero-order valence-corrected chi connectivity index (χ0v) is 15.2. The summed E-state index contributed by atoms with van der Waals surface area (Å²) < 4.78 is 1.77. The Labute approximate surface area is 162 Å². The molecule has 0 radical (unpaired) electrons. The number of nitrogens with two attached hydrogens (primary N) is 1. The highest BCUT2D eigenvalue weighted by Crippen LogP contribution is 2.38. The van der Waals surface area contributed by atoms with Crippen LogP contribution in [0.25, 0.3) is 28.2 Å². The lowest BCUT2D eigenvalue weighted by atomic mass is 9.73. The van der Waals surface area contributed by atoms with E-state index >= 15 is 0 Å². The number of nitriles is 1. The Morgan fingerprint density at radius 3 is 2.39 bits per heavy atom. The lowest BCUT2D eigenvalue weighted by molar-refractivity contribution is 0.253. The van der Waals surface area contributed by atoms with Crippen molar-refractivity contribution in [1.82, 2.24) is 19.5 Å². The van der Waals surface area contributed by atoms with E-state index in [-0.39, 0.29) is 11.4 Å². The highest BCUT2D eigenvalue weighted by molar-refractivity contribution is 5.76.